The van der Waals surface area contributed by atoms with Gasteiger partial charge in [0, 0.05) is 12.1 Å². The van der Waals surface area contributed by atoms with Crippen molar-refractivity contribution >= 4 is 34.2 Å². The third kappa shape index (κ3) is 2.35. The Morgan fingerprint density at radius 3 is 2.52 bits per heavy atom. The van der Waals surface area contributed by atoms with Crippen molar-refractivity contribution in [2.24, 2.45) is 0 Å². The number of carbonyl (C=O) groups is 2. The molecule has 2 heterocycles. The number of para-hydroxylation sites is 2. The van der Waals surface area contributed by atoms with Gasteiger partial charge in [-0.2, -0.15) is 0 Å². The van der Waals surface area contributed by atoms with Gasteiger partial charge < -0.3 is 4.57 Å². The number of imide groups is 1. The Kier molecular flexibility index (Phi) is 3.31. The first-order valence-electron chi connectivity index (χ1n) is 7.59. The van der Waals surface area contributed by atoms with Gasteiger partial charge in [-0.05, 0) is 24.3 Å². The summed E-state index contributed by atoms with van der Waals surface area (Å²) in [6.07, 6.45) is 1.58. The van der Waals surface area contributed by atoms with Crippen molar-refractivity contribution in [1.82, 2.24) is 9.55 Å². The number of anilines is 1. The average molecular weight is 336 g/mol. The van der Waals surface area contributed by atoms with E-state index in [4.69, 9.17) is 0 Å². The number of hydrogen-bond acceptors (Lipinski definition) is 5. The molecule has 0 N–H and O–H groups in total. The molecule has 1 fully saturated rings. The number of rotatable bonds is 3. The van der Waals surface area contributed by atoms with Gasteiger partial charge in [0.25, 0.3) is 11.6 Å². The van der Waals surface area contributed by atoms with E-state index in [2.05, 4.69) is 4.98 Å². The van der Waals surface area contributed by atoms with Crippen molar-refractivity contribution in [3.63, 3.8) is 0 Å². The lowest BCUT2D eigenvalue weighted by Gasteiger charge is -2.15. The van der Waals surface area contributed by atoms with Crippen LogP contribution in [0.25, 0.3) is 11.0 Å². The summed E-state index contributed by atoms with van der Waals surface area (Å²) in [5, 5.41) is 10.7. The number of hydrogen-bond donors (Lipinski definition) is 0. The van der Waals surface area contributed by atoms with Crippen LogP contribution in [0.1, 0.15) is 12.5 Å². The molecule has 2 aromatic carbocycles. The Hall–Kier alpha value is -3.55. The molecule has 0 aliphatic carbocycles. The molecule has 0 bridgehead atoms. The third-order valence-electron chi connectivity index (χ3n) is 4.26. The first-order valence-corrected chi connectivity index (χ1v) is 7.59. The Morgan fingerprint density at radius 2 is 1.80 bits per heavy atom. The van der Waals surface area contributed by atoms with Gasteiger partial charge in [0.15, 0.2) is 0 Å². The highest BCUT2D eigenvalue weighted by molar-refractivity contribution is 6.21. The van der Waals surface area contributed by atoms with Crippen LogP contribution < -0.4 is 4.90 Å². The molecule has 2 amide bonds. The minimum Gasteiger partial charge on any atom is -0.317 e. The van der Waals surface area contributed by atoms with Crippen molar-refractivity contribution in [2.45, 2.75) is 12.5 Å². The summed E-state index contributed by atoms with van der Waals surface area (Å²) >= 11 is 0. The lowest BCUT2D eigenvalue weighted by Crippen LogP contribution is -2.31. The van der Waals surface area contributed by atoms with Gasteiger partial charge in [-0.3, -0.25) is 19.7 Å². The van der Waals surface area contributed by atoms with E-state index in [0.29, 0.717) is 5.69 Å². The van der Waals surface area contributed by atoms with Crippen LogP contribution in [0.4, 0.5) is 11.4 Å². The zero-order valence-electron chi connectivity index (χ0n) is 12.9. The Bertz CT molecular complexity index is 1010. The van der Waals surface area contributed by atoms with Gasteiger partial charge in [-0.25, -0.2) is 9.88 Å². The van der Waals surface area contributed by atoms with Crippen molar-refractivity contribution in [2.75, 3.05) is 4.90 Å². The molecule has 0 radical (unpaired) electrons. The van der Waals surface area contributed by atoms with E-state index in [-0.39, 0.29) is 23.9 Å². The fraction of sp³-hybridized carbons (Fsp3) is 0.118. The SMILES string of the molecule is O=C1C[C@H](n2cnc3ccccc32)C(=O)N1c1ccc([N+](=O)[O-])cc1. The van der Waals surface area contributed by atoms with E-state index >= 15 is 0 Å². The maximum Gasteiger partial charge on any atom is 0.269 e. The molecule has 1 aliphatic heterocycles. The van der Waals surface area contributed by atoms with Gasteiger partial charge >= 0.3 is 0 Å². The zero-order valence-corrected chi connectivity index (χ0v) is 12.9. The van der Waals surface area contributed by atoms with Crippen LogP contribution in [-0.4, -0.2) is 26.3 Å². The predicted molar refractivity (Wildman–Crippen MR) is 89.0 cm³/mol. The number of benzene rings is 2. The van der Waals surface area contributed by atoms with Crippen molar-refractivity contribution in [1.29, 1.82) is 0 Å². The summed E-state index contributed by atoms with van der Waals surface area (Å²) in [6.45, 7) is 0. The summed E-state index contributed by atoms with van der Waals surface area (Å²) in [5.74, 6) is -0.719. The zero-order chi connectivity index (χ0) is 17.6. The molecule has 8 nitrogen and oxygen atoms in total. The number of nitro groups is 1. The maximum absolute atomic E-state index is 12.8. The van der Waals surface area contributed by atoms with Crippen LogP contribution in [0.5, 0.6) is 0 Å². The fourth-order valence-corrected chi connectivity index (χ4v) is 3.05. The summed E-state index contributed by atoms with van der Waals surface area (Å²) in [4.78, 5) is 40.7. The van der Waals surface area contributed by atoms with Crippen LogP contribution in [0, 0.1) is 10.1 Å². The molecule has 0 saturated carbocycles. The third-order valence-corrected chi connectivity index (χ3v) is 4.26. The maximum atomic E-state index is 12.8. The van der Waals surface area contributed by atoms with Crippen molar-refractivity contribution < 1.29 is 14.5 Å². The minimum absolute atomic E-state index is 0.0240. The van der Waals surface area contributed by atoms with Crippen LogP contribution in [0.2, 0.25) is 0 Å². The highest BCUT2D eigenvalue weighted by atomic mass is 16.6. The van der Waals surface area contributed by atoms with Gasteiger partial charge in [-0.15, -0.1) is 0 Å². The van der Waals surface area contributed by atoms with Gasteiger partial charge in [-0.1, -0.05) is 12.1 Å². The molecular formula is C17H12N4O4. The monoisotopic (exact) mass is 336 g/mol. The molecule has 124 valence electrons. The van der Waals surface area contributed by atoms with E-state index < -0.39 is 11.0 Å². The van der Waals surface area contributed by atoms with Crippen LogP contribution in [-0.2, 0) is 9.59 Å². The van der Waals surface area contributed by atoms with E-state index in [1.54, 1.807) is 10.9 Å². The van der Waals surface area contributed by atoms with Crippen LogP contribution in [0.3, 0.4) is 0 Å². The van der Waals surface area contributed by atoms with Crippen LogP contribution in [0.15, 0.2) is 54.9 Å². The first-order chi connectivity index (χ1) is 12.1. The normalized spacial score (nSPS) is 17.4. The lowest BCUT2D eigenvalue weighted by molar-refractivity contribution is -0.384. The quantitative estimate of drug-likeness (QED) is 0.415. The topological polar surface area (TPSA) is 98.3 Å². The molecule has 4 rings (SSSR count). The molecule has 1 saturated heterocycles. The standard InChI is InChI=1S/C17H12N4O4/c22-16-9-15(19-10-18-13-3-1-2-4-14(13)19)17(23)20(16)11-5-7-12(8-6-11)21(24)25/h1-8,10,15H,9H2/t15-/m0/s1. The molecule has 8 heteroatoms. The number of nitro benzene ring substituents is 1. The van der Waals surface area contributed by atoms with Crippen molar-refractivity contribution in [3.8, 4) is 0 Å². The molecule has 0 spiro atoms. The second-order valence-corrected chi connectivity index (χ2v) is 5.70. The van der Waals surface area contributed by atoms with Crippen molar-refractivity contribution in [3.05, 3.63) is 65.0 Å². The van der Waals surface area contributed by atoms with Gasteiger partial charge in [0.2, 0.25) is 5.91 Å². The second kappa shape index (κ2) is 5.52. The molecule has 3 aromatic rings. The number of fused-ring (bicyclic) bond motifs is 1. The highest BCUT2D eigenvalue weighted by Crippen LogP contribution is 2.32. The number of non-ortho nitro benzene ring substituents is 1. The molecular weight excluding hydrogens is 324 g/mol. The highest BCUT2D eigenvalue weighted by Gasteiger charge is 2.41. The largest absolute Gasteiger partial charge is 0.317 e. The molecule has 1 aromatic heterocycles. The predicted octanol–water partition coefficient (Wildman–Crippen LogP) is 2.45. The Morgan fingerprint density at radius 1 is 1.08 bits per heavy atom. The first kappa shape index (κ1) is 15.0. The Labute approximate surface area is 141 Å². The Balaban J connectivity index is 1.69. The summed E-state index contributed by atoms with van der Waals surface area (Å²) < 4.78 is 1.70. The number of carbonyl (C=O) groups excluding carboxylic acids is 2. The van der Waals surface area contributed by atoms with Gasteiger partial charge in [0.05, 0.1) is 34.4 Å². The van der Waals surface area contributed by atoms with E-state index in [0.717, 1.165) is 15.9 Å². The molecule has 25 heavy (non-hydrogen) atoms. The summed E-state index contributed by atoms with van der Waals surface area (Å²) in [7, 11) is 0. The van der Waals surface area contributed by atoms with E-state index in [1.807, 2.05) is 24.3 Å². The number of aromatic nitrogens is 2. The summed E-state index contributed by atoms with van der Waals surface area (Å²) in [6, 6.07) is 12.1. The minimum atomic E-state index is -0.671. The second-order valence-electron chi connectivity index (χ2n) is 5.70. The fourth-order valence-electron chi connectivity index (χ4n) is 3.05. The van der Waals surface area contributed by atoms with Gasteiger partial charge in [0.1, 0.15) is 6.04 Å². The number of amides is 2. The number of nitrogens with zero attached hydrogens (tertiary/aromatic N) is 4. The molecule has 1 aliphatic rings. The average Bonchev–Trinajstić information content (AvgIpc) is 3.16. The summed E-state index contributed by atoms with van der Waals surface area (Å²) in [5.41, 5.74) is 1.75. The lowest BCUT2D eigenvalue weighted by atomic mass is 10.2. The molecule has 1 atom stereocenters. The van der Waals surface area contributed by atoms with Crippen LogP contribution >= 0.6 is 0 Å². The van der Waals surface area contributed by atoms with E-state index in [9.17, 15) is 19.7 Å². The van der Waals surface area contributed by atoms with E-state index in [1.165, 1.54) is 24.3 Å². The smallest absolute Gasteiger partial charge is 0.269 e. The number of imidazole rings is 1. The molecule has 0 unspecified atom stereocenters.